The summed E-state index contributed by atoms with van der Waals surface area (Å²) in [5, 5.41) is 13.0. The highest BCUT2D eigenvalue weighted by Crippen LogP contribution is 2.11. The van der Waals surface area contributed by atoms with Crippen molar-refractivity contribution in [2.75, 3.05) is 6.61 Å². The largest absolute Gasteiger partial charge is 0.394 e. The molecule has 0 saturated heterocycles. The summed E-state index contributed by atoms with van der Waals surface area (Å²) >= 11 is 0. The van der Waals surface area contributed by atoms with Gasteiger partial charge in [0, 0.05) is 17.8 Å². The van der Waals surface area contributed by atoms with Crippen molar-refractivity contribution in [3.8, 4) is 0 Å². The van der Waals surface area contributed by atoms with Gasteiger partial charge in [0.05, 0.1) is 18.8 Å². The zero-order valence-electron chi connectivity index (χ0n) is 7.54. The van der Waals surface area contributed by atoms with E-state index in [0.717, 1.165) is 17.0 Å². The van der Waals surface area contributed by atoms with Crippen LogP contribution in [0.2, 0.25) is 0 Å². The van der Waals surface area contributed by atoms with Crippen molar-refractivity contribution in [1.29, 1.82) is 0 Å². The summed E-state index contributed by atoms with van der Waals surface area (Å²) in [7, 11) is 0. The number of nitrogens with zero attached hydrogens (tertiary/aromatic N) is 2. The Hall–Kier alpha value is -0.870. The molecule has 12 heavy (non-hydrogen) atoms. The monoisotopic (exact) mass is 169 g/mol. The second-order valence-corrected chi connectivity index (χ2v) is 2.80. The first-order chi connectivity index (χ1) is 5.70. The molecular weight excluding hydrogens is 154 g/mol. The fraction of sp³-hybridized carbons (Fsp3) is 0.625. The summed E-state index contributed by atoms with van der Waals surface area (Å²) in [6, 6.07) is 0. The molecule has 0 aromatic carbocycles. The van der Waals surface area contributed by atoms with E-state index in [1.54, 1.807) is 4.68 Å². The summed E-state index contributed by atoms with van der Waals surface area (Å²) in [4.78, 5) is 0. The number of hydrogen-bond acceptors (Lipinski definition) is 3. The molecule has 0 saturated carbocycles. The average molecular weight is 169 g/mol. The fourth-order valence-electron chi connectivity index (χ4n) is 1.34. The lowest BCUT2D eigenvalue weighted by Gasteiger charge is -2.00. The quantitative estimate of drug-likeness (QED) is 0.667. The number of aliphatic hydroxyl groups excluding tert-OH is 1. The summed E-state index contributed by atoms with van der Waals surface area (Å²) in [6.07, 6.45) is 0. The molecule has 0 aliphatic carbocycles. The Kier molecular flexibility index (Phi) is 2.83. The smallest absolute Gasteiger partial charge is 0.0644 e. The highest BCUT2D eigenvalue weighted by molar-refractivity contribution is 5.23. The van der Waals surface area contributed by atoms with Crippen LogP contribution in [0.15, 0.2) is 0 Å². The first kappa shape index (κ1) is 9.22. The highest BCUT2D eigenvalue weighted by Gasteiger charge is 2.08. The van der Waals surface area contributed by atoms with Crippen LogP contribution < -0.4 is 5.73 Å². The van der Waals surface area contributed by atoms with Crippen LogP contribution in [0.3, 0.4) is 0 Å². The standard InChI is InChI=1S/C8H15N3O/c1-6-8(5-9)7(2)11(10-6)3-4-12/h12H,3-5,9H2,1-2H3. The van der Waals surface area contributed by atoms with Gasteiger partial charge in [-0.25, -0.2) is 0 Å². The molecule has 0 bridgehead atoms. The van der Waals surface area contributed by atoms with Gasteiger partial charge in [-0.1, -0.05) is 0 Å². The van der Waals surface area contributed by atoms with Crippen LogP contribution in [0.4, 0.5) is 0 Å². The molecule has 0 radical (unpaired) electrons. The van der Waals surface area contributed by atoms with E-state index < -0.39 is 0 Å². The van der Waals surface area contributed by atoms with E-state index in [0.29, 0.717) is 13.1 Å². The molecule has 0 unspecified atom stereocenters. The predicted molar refractivity (Wildman–Crippen MR) is 46.7 cm³/mol. The van der Waals surface area contributed by atoms with E-state index in [1.807, 2.05) is 13.8 Å². The maximum absolute atomic E-state index is 8.72. The van der Waals surface area contributed by atoms with Crippen LogP contribution in [-0.4, -0.2) is 21.5 Å². The van der Waals surface area contributed by atoms with Gasteiger partial charge in [-0.3, -0.25) is 4.68 Å². The first-order valence-electron chi connectivity index (χ1n) is 4.04. The van der Waals surface area contributed by atoms with Crippen LogP contribution in [0.25, 0.3) is 0 Å². The first-order valence-corrected chi connectivity index (χ1v) is 4.04. The van der Waals surface area contributed by atoms with Crippen LogP contribution in [-0.2, 0) is 13.1 Å². The summed E-state index contributed by atoms with van der Waals surface area (Å²) in [6.45, 7) is 5.09. The van der Waals surface area contributed by atoms with Gasteiger partial charge in [-0.15, -0.1) is 0 Å². The molecular formula is C8H15N3O. The maximum atomic E-state index is 8.72. The van der Waals surface area contributed by atoms with Crippen LogP contribution in [0, 0.1) is 13.8 Å². The third-order valence-electron chi connectivity index (χ3n) is 2.05. The minimum atomic E-state index is 0.117. The summed E-state index contributed by atoms with van der Waals surface area (Å²) in [5.41, 5.74) is 8.65. The van der Waals surface area contributed by atoms with Gasteiger partial charge < -0.3 is 10.8 Å². The molecule has 0 atom stereocenters. The number of nitrogens with two attached hydrogens (primary N) is 1. The molecule has 1 aromatic heterocycles. The lowest BCUT2D eigenvalue weighted by Crippen LogP contribution is -2.06. The molecule has 1 rings (SSSR count). The Morgan fingerprint density at radius 2 is 2.17 bits per heavy atom. The molecule has 68 valence electrons. The molecule has 4 heteroatoms. The van der Waals surface area contributed by atoms with Crippen molar-refractivity contribution in [2.24, 2.45) is 5.73 Å². The van der Waals surface area contributed by atoms with E-state index in [4.69, 9.17) is 10.8 Å². The number of aryl methyl sites for hydroxylation is 1. The Morgan fingerprint density at radius 1 is 1.50 bits per heavy atom. The van der Waals surface area contributed by atoms with Crippen molar-refractivity contribution in [1.82, 2.24) is 9.78 Å². The molecule has 4 nitrogen and oxygen atoms in total. The highest BCUT2D eigenvalue weighted by atomic mass is 16.3. The lowest BCUT2D eigenvalue weighted by atomic mass is 10.2. The van der Waals surface area contributed by atoms with Crippen LogP contribution >= 0.6 is 0 Å². The molecule has 0 aliphatic heterocycles. The van der Waals surface area contributed by atoms with Gasteiger partial charge in [0.2, 0.25) is 0 Å². The van der Waals surface area contributed by atoms with Crippen LogP contribution in [0.1, 0.15) is 17.0 Å². The topological polar surface area (TPSA) is 64.1 Å². The van der Waals surface area contributed by atoms with E-state index in [2.05, 4.69) is 5.10 Å². The second-order valence-electron chi connectivity index (χ2n) is 2.80. The second kappa shape index (κ2) is 3.69. The molecule has 1 aromatic rings. The van der Waals surface area contributed by atoms with Gasteiger partial charge >= 0.3 is 0 Å². The fourth-order valence-corrected chi connectivity index (χ4v) is 1.34. The zero-order chi connectivity index (χ0) is 9.14. The predicted octanol–water partition coefficient (Wildman–Crippen LogP) is -0.0491. The normalized spacial score (nSPS) is 10.7. The van der Waals surface area contributed by atoms with E-state index >= 15 is 0 Å². The van der Waals surface area contributed by atoms with E-state index in [1.165, 1.54) is 0 Å². The Morgan fingerprint density at radius 3 is 2.58 bits per heavy atom. The molecule has 1 heterocycles. The average Bonchev–Trinajstić information content (AvgIpc) is 2.29. The number of rotatable bonds is 3. The summed E-state index contributed by atoms with van der Waals surface area (Å²) < 4.78 is 1.79. The summed E-state index contributed by atoms with van der Waals surface area (Å²) in [5.74, 6) is 0. The Bertz CT molecular complexity index is 268. The Labute approximate surface area is 72.0 Å². The molecule has 0 amide bonds. The Balaban J connectivity index is 3.00. The van der Waals surface area contributed by atoms with Crippen molar-refractivity contribution in [2.45, 2.75) is 26.9 Å². The SMILES string of the molecule is Cc1nn(CCO)c(C)c1CN. The zero-order valence-corrected chi connectivity index (χ0v) is 7.54. The maximum Gasteiger partial charge on any atom is 0.0644 e. The van der Waals surface area contributed by atoms with Gasteiger partial charge in [-0.2, -0.15) is 5.10 Å². The third-order valence-corrected chi connectivity index (χ3v) is 2.05. The number of hydrogen-bond donors (Lipinski definition) is 2. The lowest BCUT2D eigenvalue weighted by molar-refractivity contribution is 0.268. The molecule has 0 fully saturated rings. The van der Waals surface area contributed by atoms with E-state index in [-0.39, 0.29) is 6.61 Å². The molecule has 3 N–H and O–H groups in total. The van der Waals surface area contributed by atoms with Gasteiger partial charge in [0.1, 0.15) is 0 Å². The van der Waals surface area contributed by atoms with Crippen molar-refractivity contribution in [3.05, 3.63) is 17.0 Å². The van der Waals surface area contributed by atoms with Gasteiger partial charge in [0.15, 0.2) is 0 Å². The van der Waals surface area contributed by atoms with Crippen LogP contribution in [0.5, 0.6) is 0 Å². The van der Waals surface area contributed by atoms with Gasteiger partial charge in [-0.05, 0) is 13.8 Å². The van der Waals surface area contributed by atoms with Crippen molar-refractivity contribution >= 4 is 0 Å². The number of aliphatic hydroxyl groups is 1. The minimum Gasteiger partial charge on any atom is -0.394 e. The number of aromatic nitrogens is 2. The third kappa shape index (κ3) is 1.49. The van der Waals surface area contributed by atoms with Crippen molar-refractivity contribution < 1.29 is 5.11 Å². The van der Waals surface area contributed by atoms with Crippen molar-refractivity contribution in [3.63, 3.8) is 0 Å². The van der Waals surface area contributed by atoms with Gasteiger partial charge in [0.25, 0.3) is 0 Å². The molecule has 0 aliphatic rings. The minimum absolute atomic E-state index is 0.117. The van der Waals surface area contributed by atoms with E-state index in [9.17, 15) is 0 Å². The molecule has 0 spiro atoms.